The third-order valence-corrected chi connectivity index (χ3v) is 5.08. The predicted octanol–water partition coefficient (Wildman–Crippen LogP) is 0.278. The number of hydrogen-bond acceptors (Lipinski definition) is 8. The first kappa shape index (κ1) is 23.6. The molecule has 166 valence electrons. The van der Waals surface area contributed by atoms with Gasteiger partial charge in [0.15, 0.2) is 18.1 Å². The van der Waals surface area contributed by atoms with E-state index in [0.29, 0.717) is 17.1 Å². The fourth-order valence-corrected chi connectivity index (χ4v) is 3.27. The van der Waals surface area contributed by atoms with Gasteiger partial charge in [-0.25, -0.2) is 18.4 Å². The van der Waals surface area contributed by atoms with Crippen LogP contribution >= 0.6 is 0 Å². The maximum absolute atomic E-state index is 12.1. The number of carbonyl (C=O) groups is 3. The number of hydrogen-bond donors (Lipinski definition) is 3. The lowest BCUT2D eigenvalue weighted by molar-refractivity contribution is -0.125. The van der Waals surface area contributed by atoms with Crippen molar-refractivity contribution in [2.24, 2.45) is 5.14 Å². The van der Waals surface area contributed by atoms with Crippen LogP contribution in [0.5, 0.6) is 11.5 Å². The fraction of sp³-hybridized carbons (Fsp3) is 0.211. The number of benzene rings is 2. The lowest BCUT2D eigenvalue weighted by Crippen LogP contribution is -2.43. The number of sulfonamides is 1. The Morgan fingerprint density at radius 3 is 2.19 bits per heavy atom. The van der Waals surface area contributed by atoms with Crippen LogP contribution in [-0.2, 0) is 19.6 Å². The Morgan fingerprint density at radius 1 is 0.935 bits per heavy atom. The van der Waals surface area contributed by atoms with Crippen molar-refractivity contribution in [3.05, 3.63) is 53.1 Å². The second kappa shape index (κ2) is 9.91. The molecule has 0 aliphatic heterocycles. The van der Waals surface area contributed by atoms with E-state index in [9.17, 15) is 22.8 Å². The van der Waals surface area contributed by atoms with E-state index in [1.807, 2.05) is 0 Å². The molecule has 0 aliphatic carbocycles. The van der Waals surface area contributed by atoms with Crippen molar-refractivity contribution in [3.63, 3.8) is 0 Å². The average Bonchev–Trinajstić information content (AvgIpc) is 2.74. The van der Waals surface area contributed by atoms with Gasteiger partial charge in [0.1, 0.15) is 0 Å². The Labute approximate surface area is 178 Å². The molecule has 11 nitrogen and oxygen atoms in total. The molecule has 0 saturated carbocycles. The van der Waals surface area contributed by atoms with Gasteiger partial charge in [0.2, 0.25) is 10.0 Å². The first-order chi connectivity index (χ1) is 14.6. The summed E-state index contributed by atoms with van der Waals surface area (Å²) in [6.45, 7) is 0.799. The van der Waals surface area contributed by atoms with Crippen LogP contribution in [0.1, 0.15) is 26.3 Å². The van der Waals surface area contributed by atoms with E-state index in [-0.39, 0.29) is 16.0 Å². The number of primary sulfonamides is 1. The number of aryl methyl sites for hydroxylation is 1. The largest absolute Gasteiger partial charge is 0.493 e. The van der Waals surface area contributed by atoms with Gasteiger partial charge >= 0.3 is 5.97 Å². The quantitative estimate of drug-likeness (QED) is 0.399. The summed E-state index contributed by atoms with van der Waals surface area (Å²) in [6.07, 6.45) is 0. The molecule has 2 aromatic carbocycles. The number of nitrogens with one attached hydrogen (secondary N) is 2. The highest BCUT2D eigenvalue weighted by atomic mass is 32.2. The van der Waals surface area contributed by atoms with E-state index in [0.717, 1.165) is 6.07 Å². The number of ether oxygens (including phenoxy) is 3. The molecule has 0 aromatic heterocycles. The summed E-state index contributed by atoms with van der Waals surface area (Å²) in [5.74, 6) is -1.65. The van der Waals surface area contributed by atoms with Gasteiger partial charge in [0.05, 0.1) is 24.7 Å². The van der Waals surface area contributed by atoms with Crippen molar-refractivity contribution in [1.82, 2.24) is 10.9 Å². The smallest absolute Gasteiger partial charge is 0.338 e. The topological polar surface area (TPSA) is 163 Å². The summed E-state index contributed by atoms with van der Waals surface area (Å²) in [6, 6.07) is 8.19. The van der Waals surface area contributed by atoms with E-state index in [1.54, 1.807) is 0 Å². The highest BCUT2D eigenvalue weighted by molar-refractivity contribution is 7.89. The minimum atomic E-state index is -4.03. The van der Waals surface area contributed by atoms with Gasteiger partial charge in [-0.3, -0.25) is 20.4 Å². The lowest BCUT2D eigenvalue weighted by atomic mass is 10.1. The maximum Gasteiger partial charge on any atom is 0.338 e. The van der Waals surface area contributed by atoms with E-state index < -0.39 is 34.4 Å². The number of carbonyl (C=O) groups excluding carboxylic acids is 3. The van der Waals surface area contributed by atoms with Crippen LogP contribution in [0.3, 0.4) is 0 Å². The van der Waals surface area contributed by atoms with Crippen LogP contribution < -0.4 is 25.5 Å². The lowest BCUT2D eigenvalue weighted by Gasteiger charge is -2.11. The molecule has 12 heteroatoms. The van der Waals surface area contributed by atoms with E-state index in [4.69, 9.17) is 19.3 Å². The molecular weight excluding hydrogens is 430 g/mol. The van der Waals surface area contributed by atoms with E-state index in [1.165, 1.54) is 51.5 Å². The average molecular weight is 451 g/mol. The summed E-state index contributed by atoms with van der Waals surface area (Å²) in [5, 5.41) is 5.10. The summed E-state index contributed by atoms with van der Waals surface area (Å²) >= 11 is 0. The molecule has 2 amide bonds. The van der Waals surface area contributed by atoms with Crippen LogP contribution in [-0.4, -0.2) is 47.0 Å². The predicted molar refractivity (Wildman–Crippen MR) is 108 cm³/mol. The number of hydrazine groups is 1. The molecule has 0 unspecified atom stereocenters. The highest BCUT2D eigenvalue weighted by Crippen LogP contribution is 2.27. The Bertz CT molecular complexity index is 1120. The van der Waals surface area contributed by atoms with Crippen LogP contribution in [0.15, 0.2) is 41.3 Å². The third-order valence-electron chi connectivity index (χ3n) is 4.03. The molecule has 0 heterocycles. The number of amides is 2. The van der Waals surface area contributed by atoms with Crippen molar-refractivity contribution >= 4 is 27.8 Å². The van der Waals surface area contributed by atoms with Crippen molar-refractivity contribution in [2.45, 2.75) is 11.8 Å². The molecule has 4 N–H and O–H groups in total. The maximum atomic E-state index is 12.1. The number of rotatable bonds is 7. The molecule has 0 radical (unpaired) electrons. The minimum Gasteiger partial charge on any atom is -0.493 e. The molecule has 0 bridgehead atoms. The molecule has 0 aliphatic rings. The zero-order valence-corrected chi connectivity index (χ0v) is 17.7. The molecule has 2 aromatic rings. The van der Waals surface area contributed by atoms with Crippen LogP contribution in [0.25, 0.3) is 0 Å². The van der Waals surface area contributed by atoms with Gasteiger partial charge < -0.3 is 14.2 Å². The number of methoxy groups -OCH3 is 2. The molecule has 0 fully saturated rings. The van der Waals surface area contributed by atoms with E-state index >= 15 is 0 Å². The second-order valence-corrected chi connectivity index (χ2v) is 7.70. The van der Waals surface area contributed by atoms with Gasteiger partial charge in [-0.2, -0.15) is 0 Å². The molecule has 0 spiro atoms. The van der Waals surface area contributed by atoms with Gasteiger partial charge in [0, 0.05) is 5.56 Å². The normalized spacial score (nSPS) is 10.7. The van der Waals surface area contributed by atoms with Gasteiger partial charge in [-0.05, 0) is 42.8 Å². The van der Waals surface area contributed by atoms with Gasteiger partial charge in [-0.1, -0.05) is 6.07 Å². The van der Waals surface area contributed by atoms with Crippen LogP contribution in [0.2, 0.25) is 0 Å². The SMILES string of the molecule is COc1ccc(C(=O)NNC(=O)COC(=O)c2ccc(C)c(S(N)(=O)=O)c2)cc1OC. The third kappa shape index (κ3) is 6.17. The van der Waals surface area contributed by atoms with Crippen molar-refractivity contribution in [3.8, 4) is 11.5 Å². The summed E-state index contributed by atoms with van der Waals surface area (Å²) in [7, 11) is -1.16. The minimum absolute atomic E-state index is 0.100. The Kier molecular flexibility index (Phi) is 7.56. The van der Waals surface area contributed by atoms with Crippen molar-refractivity contribution in [1.29, 1.82) is 0 Å². The van der Waals surface area contributed by atoms with Crippen molar-refractivity contribution < 1.29 is 37.0 Å². The van der Waals surface area contributed by atoms with E-state index in [2.05, 4.69) is 10.9 Å². The first-order valence-corrected chi connectivity index (χ1v) is 10.2. The monoisotopic (exact) mass is 451 g/mol. The Morgan fingerprint density at radius 2 is 1.58 bits per heavy atom. The number of nitrogens with two attached hydrogens (primary N) is 1. The molecule has 31 heavy (non-hydrogen) atoms. The number of esters is 1. The van der Waals surface area contributed by atoms with Crippen molar-refractivity contribution in [2.75, 3.05) is 20.8 Å². The zero-order valence-electron chi connectivity index (χ0n) is 16.9. The summed E-state index contributed by atoms with van der Waals surface area (Å²) < 4.78 is 38.1. The zero-order chi connectivity index (χ0) is 23.2. The van der Waals surface area contributed by atoms with Crippen LogP contribution in [0, 0.1) is 6.92 Å². The fourth-order valence-electron chi connectivity index (χ4n) is 2.46. The Balaban J connectivity index is 1.92. The molecule has 0 atom stereocenters. The van der Waals surface area contributed by atoms with Gasteiger partial charge in [0.25, 0.3) is 11.8 Å². The Hall–Kier alpha value is -3.64. The highest BCUT2D eigenvalue weighted by Gasteiger charge is 2.17. The molecule has 0 saturated heterocycles. The standard InChI is InChI=1S/C19H21N3O8S/c1-11-4-5-13(9-16(11)31(20,26)27)19(25)30-10-17(23)21-22-18(24)12-6-7-14(28-2)15(8-12)29-3/h4-9H,10H2,1-3H3,(H,21,23)(H,22,24)(H2,20,26,27). The molecule has 2 rings (SSSR count). The molecular formula is C19H21N3O8S. The van der Waals surface area contributed by atoms with Crippen LogP contribution in [0.4, 0.5) is 0 Å². The summed E-state index contributed by atoms with van der Waals surface area (Å²) in [5.41, 5.74) is 4.70. The second-order valence-electron chi connectivity index (χ2n) is 6.17. The van der Waals surface area contributed by atoms with Gasteiger partial charge in [-0.15, -0.1) is 0 Å². The first-order valence-electron chi connectivity index (χ1n) is 8.68. The summed E-state index contributed by atoms with van der Waals surface area (Å²) in [4.78, 5) is 35.8.